The zero-order valence-corrected chi connectivity index (χ0v) is 9.43. The molecule has 5 nitrogen and oxygen atoms in total. The maximum atomic E-state index is 5.81. The number of rotatable bonds is 4. The maximum absolute atomic E-state index is 5.81. The van der Waals surface area contributed by atoms with Gasteiger partial charge in [-0.25, -0.2) is 4.98 Å². The van der Waals surface area contributed by atoms with E-state index in [2.05, 4.69) is 9.97 Å². The van der Waals surface area contributed by atoms with Gasteiger partial charge in [-0.15, -0.1) is 0 Å². The first-order valence-corrected chi connectivity index (χ1v) is 5.66. The smallest absolute Gasteiger partial charge is 0.319 e. The van der Waals surface area contributed by atoms with Crippen molar-refractivity contribution >= 4 is 0 Å². The Morgan fingerprint density at radius 3 is 3.06 bits per heavy atom. The lowest BCUT2D eigenvalue weighted by atomic mass is 10.3. The Morgan fingerprint density at radius 1 is 1.50 bits per heavy atom. The van der Waals surface area contributed by atoms with Crippen molar-refractivity contribution in [2.75, 3.05) is 6.61 Å². The molecule has 1 aromatic rings. The van der Waals surface area contributed by atoms with Crippen molar-refractivity contribution < 1.29 is 9.47 Å². The van der Waals surface area contributed by atoms with E-state index in [1.807, 2.05) is 6.92 Å². The molecule has 1 saturated carbocycles. The van der Waals surface area contributed by atoms with Crippen LogP contribution in [0, 0.1) is 0 Å². The first-order valence-electron chi connectivity index (χ1n) is 5.66. The summed E-state index contributed by atoms with van der Waals surface area (Å²) < 4.78 is 10.9. The van der Waals surface area contributed by atoms with Crippen LogP contribution in [-0.4, -0.2) is 28.7 Å². The average molecular weight is 223 g/mol. The fraction of sp³-hybridized carbons (Fsp3) is 0.636. The Kier molecular flexibility index (Phi) is 3.56. The Bertz CT molecular complexity index is 346. The largest absolute Gasteiger partial charge is 0.478 e. The summed E-state index contributed by atoms with van der Waals surface area (Å²) in [6.45, 7) is 2.50. The van der Waals surface area contributed by atoms with Crippen molar-refractivity contribution in [1.29, 1.82) is 0 Å². The third kappa shape index (κ3) is 2.82. The molecular formula is C11H17N3O2. The molecule has 0 aromatic carbocycles. The summed E-state index contributed by atoms with van der Waals surface area (Å²) in [6, 6.07) is 2.35. The summed E-state index contributed by atoms with van der Waals surface area (Å²) in [5.74, 6) is 0.551. The molecule has 1 aliphatic carbocycles. The monoisotopic (exact) mass is 223 g/mol. The van der Waals surface area contributed by atoms with Crippen LogP contribution in [0.3, 0.4) is 0 Å². The van der Waals surface area contributed by atoms with Crippen LogP contribution in [-0.2, 0) is 0 Å². The first-order chi connectivity index (χ1) is 7.78. The van der Waals surface area contributed by atoms with Gasteiger partial charge in [-0.05, 0) is 26.2 Å². The lowest BCUT2D eigenvalue weighted by Gasteiger charge is -2.11. The lowest BCUT2D eigenvalue weighted by molar-refractivity contribution is 0.187. The third-order valence-corrected chi connectivity index (χ3v) is 2.60. The molecule has 0 bridgehead atoms. The summed E-state index contributed by atoms with van der Waals surface area (Å²) in [7, 11) is 0. The summed E-state index contributed by atoms with van der Waals surface area (Å²) in [5.41, 5.74) is 5.81. The molecule has 2 rings (SSSR count). The van der Waals surface area contributed by atoms with E-state index in [1.165, 1.54) is 0 Å². The van der Waals surface area contributed by atoms with E-state index in [9.17, 15) is 0 Å². The number of nitrogens with two attached hydrogens (primary N) is 1. The molecule has 1 aromatic heterocycles. The van der Waals surface area contributed by atoms with Crippen LogP contribution >= 0.6 is 0 Å². The number of nitrogens with zero attached hydrogens (tertiary/aromatic N) is 2. The second kappa shape index (κ2) is 5.12. The van der Waals surface area contributed by atoms with Gasteiger partial charge < -0.3 is 15.2 Å². The van der Waals surface area contributed by atoms with Crippen LogP contribution in [0.25, 0.3) is 0 Å². The van der Waals surface area contributed by atoms with Gasteiger partial charge in [0.25, 0.3) is 0 Å². The standard InChI is InChI=1S/C11H17N3O2/c1-2-15-10-5-6-13-11(14-10)16-9-4-3-8(12)7-9/h5-6,8-9H,2-4,7,12H2,1H3. The second-order valence-electron chi connectivity index (χ2n) is 3.92. The summed E-state index contributed by atoms with van der Waals surface area (Å²) >= 11 is 0. The highest BCUT2D eigenvalue weighted by Gasteiger charge is 2.24. The minimum Gasteiger partial charge on any atom is -0.478 e. The topological polar surface area (TPSA) is 70.3 Å². The first kappa shape index (κ1) is 11.1. The number of hydrogen-bond donors (Lipinski definition) is 1. The van der Waals surface area contributed by atoms with Crippen molar-refractivity contribution in [3.63, 3.8) is 0 Å². The third-order valence-electron chi connectivity index (χ3n) is 2.60. The highest BCUT2D eigenvalue weighted by Crippen LogP contribution is 2.22. The van der Waals surface area contributed by atoms with Crippen molar-refractivity contribution in [2.24, 2.45) is 5.73 Å². The van der Waals surface area contributed by atoms with E-state index in [-0.39, 0.29) is 12.1 Å². The molecule has 88 valence electrons. The molecule has 1 heterocycles. The van der Waals surface area contributed by atoms with Gasteiger partial charge in [-0.3, -0.25) is 0 Å². The van der Waals surface area contributed by atoms with E-state index >= 15 is 0 Å². The average Bonchev–Trinajstić information content (AvgIpc) is 2.65. The Hall–Kier alpha value is -1.36. The molecular weight excluding hydrogens is 206 g/mol. The summed E-state index contributed by atoms with van der Waals surface area (Å²) in [6.07, 6.45) is 4.65. The van der Waals surface area contributed by atoms with E-state index in [0.717, 1.165) is 19.3 Å². The van der Waals surface area contributed by atoms with E-state index < -0.39 is 0 Å². The number of hydrogen-bond acceptors (Lipinski definition) is 5. The van der Waals surface area contributed by atoms with Crippen LogP contribution in [0.2, 0.25) is 0 Å². The number of ether oxygens (including phenoxy) is 2. The predicted octanol–water partition coefficient (Wildman–Crippen LogP) is 1.13. The van der Waals surface area contributed by atoms with Crippen molar-refractivity contribution in [2.45, 2.75) is 38.3 Å². The molecule has 5 heteroatoms. The molecule has 0 radical (unpaired) electrons. The zero-order chi connectivity index (χ0) is 11.4. The fourth-order valence-electron chi connectivity index (χ4n) is 1.84. The fourth-order valence-corrected chi connectivity index (χ4v) is 1.84. The van der Waals surface area contributed by atoms with Crippen LogP contribution in [0.4, 0.5) is 0 Å². The van der Waals surface area contributed by atoms with Gasteiger partial charge in [-0.2, -0.15) is 4.98 Å². The van der Waals surface area contributed by atoms with Crippen LogP contribution < -0.4 is 15.2 Å². The maximum Gasteiger partial charge on any atom is 0.319 e. The van der Waals surface area contributed by atoms with Gasteiger partial charge >= 0.3 is 6.01 Å². The van der Waals surface area contributed by atoms with Crippen LogP contribution in [0.15, 0.2) is 12.3 Å². The van der Waals surface area contributed by atoms with E-state index in [0.29, 0.717) is 18.5 Å². The van der Waals surface area contributed by atoms with Gasteiger partial charge in [0.05, 0.1) is 6.61 Å². The van der Waals surface area contributed by atoms with Gasteiger partial charge in [-0.1, -0.05) is 0 Å². The highest BCUT2D eigenvalue weighted by molar-refractivity contribution is 5.11. The van der Waals surface area contributed by atoms with Gasteiger partial charge in [0.15, 0.2) is 0 Å². The molecule has 0 saturated heterocycles. The quantitative estimate of drug-likeness (QED) is 0.828. The lowest BCUT2D eigenvalue weighted by Crippen LogP contribution is -2.19. The molecule has 0 amide bonds. The Labute approximate surface area is 95.0 Å². The Morgan fingerprint density at radius 2 is 2.38 bits per heavy atom. The normalized spacial score (nSPS) is 24.4. The molecule has 16 heavy (non-hydrogen) atoms. The van der Waals surface area contributed by atoms with E-state index in [1.54, 1.807) is 12.3 Å². The molecule has 2 atom stereocenters. The molecule has 1 fully saturated rings. The van der Waals surface area contributed by atoms with E-state index in [4.69, 9.17) is 15.2 Å². The minimum absolute atomic E-state index is 0.145. The molecule has 1 aliphatic rings. The summed E-state index contributed by atoms with van der Waals surface area (Å²) in [5, 5.41) is 0. The van der Waals surface area contributed by atoms with Crippen molar-refractivity contribution in [3.05, 3.63) is 12.3 Å². The SMILES string of the molecule is CCOc1ccnc(OC2CCC(N)C2)n1. The van der Waals surface area contributed by atoms with Gasteiger partial charge in [0.2, 0.25) is 5.88 Å². The van der Waals surface area contributed by atoms with Gasteiger partial charge in [0.1, 0.15) is 6.10 Å². The number of aromatic nitrogens is 2. The van der Waals surface area contributed by atoms with Crippen molar-refractivity contribution in [1.82, 2.24) is 9.97 Å². The second-order valence-corrected chi connectivity index (χ2v) is 3.92. The van der Waals surface area contributed by atoms with Crippen LogP contribution in [0.5, 0.6) is 11.9 Å². The summed E-state index contributed by atoms with van der Waals surface area (Å²) in [4.78, 5) is 8.21. The van der Waals surface area contributed by atoms with Crippen molar-refractivity contribution in [3.8, 4) is 11.9 Å². The van der Waals surface area contributed by atoms with Crippen LogP contribution in [0.1, 0.15) is 26.2 Å². The molecule has 0 aliphatic heterocycles. The molecule has 0 spiro atoms. The molecule has 2 unspecified atom stereocenters. The predicted molar refractivity (Wildman–Crippen MR) is 59.4 cm³/mol. The highest BCUT2D eigenvalue weighted by atomic mass is 16.5. The Balaban J connectivity index is 1.95. The molecule has 2 N–H and O–H groups in total. The van der Waals surface area contributed by atoms with Gasteiger partial charge in [0, 0.05) is 18.3 Å². The minimum atomic E-state index is 0.145. The zero-order valence-electron chi connectivity index (χ0n) is 9.43.